The lowest BCUT2D eigenvalue weighted by Crippen LogP contribution is -2.76. The third kappa shape index (κ3) is 19.5. The van der Waals surface area contributed by atoms with Crippen molar-refractivity contribution in [1.29, 1.82) is 0 Å². The van der Waals surface area contributed by atoms with E-state index in [1.807, 2.05) is 76.5 Å². The first-order chi connectivity index (χ1) is 44.2. The highest BCUT2D eigenvalue weighted by Gasteiger charge is 2.81. The second kappa shape index (κ2) is 32.5. The van der Waals surface area contributed by atoms with Crippen molar-refractivity contribution in [1.82, 2.24) is 24.5 Å². The first-order valence-corrected chi connectivity index (χ1v) is 38.2. The predicted octanol–water partition coefficient (Wildman–Crippen LogP) is 17.2. The Hall–Kier alpha value is -3.38. The zero-order valence-corrected chi connectivity index (χ0v) is 66.9. The second-order valence-corrected chi connectivity index (χ2v) is 38.1. The molecule has 5 aliphatic heterocycles. The zero-order valence-electron chi connectivity index (χ0n) is 66.9. The Labute approximate surface area is 591 Å². The molecule has 0 aromatic heterocycles. The summed E-state index contributed by atoms with van der Waals surface area (Å²) >= 11 is 0. The number of carbonyl (C=O) groups excluding carboxylic acids is 2. The van der Waals surface area contributed by atoms with Gasteiger partial charge in [0.05, 0.1) is 17.3 Å². The minimum Gasteiger partial charge on any atom is -0.481 e. The summed E-state index contributed by atoms with van der Waals surface area (Å²) in [5.74, 6) is -8.59. The Morgan fingerprint density at radius 2 is 0.567 bits per heavy atom. The first-order valence-electron chi connectivity index (χ1n) is 38.2. The number of hydrogen-bond donors (Lipinski definition) is 4. The lowest BCUT2D eigenvalue weighted by Gasteiger charge is -2.68. The van der Waals surface area contributed by atoms with Gasteiger partial charge in [0.15, 0.2) is 0 Å². The van der Waals surface area contributed by atoms with Crippen molar-refractivity contribution < 1.29 is 58.7 Å². The highest BCUT2D eigenvalue weighted by atomic mass is 16.5. The molecule has 5 aliphatic rings. The lowest BCUT2D eigenvalue weighted by molar-refractivity contribution is -0.253. The number of rotatable bonds is 32. The van der Waals surface area contributed by atoms with Crippen LogP contribution in [0.15, 0.2) is 0 Å². The Kier molecular flexibility index (Phi) is 28.8. The molecule has 0 amide bonds. The fourth-order valence-electron chi connectivity index (χ4n) is 20.6. The smallest absolute Gasteiger partial charge is 0.312 e. The van der Waals surface area contributed by atoms with Gasteiger partial charge in [0.2, 0.25) is 0 Å². The summed E-state index contributed by atoms with van der Waals surface area (Å²) in [5, 5.41) is 48.8. The molecular formula is C80H147N5O12. The number of carboxylic acid groups (broad SMARTS) is 4. The summed E-state index contributed by atoms with van der Waals surface area (Å²) in [5.41, 5.74) is -11.0. The van der Waals surface area contributed by atoms with Crippen LogP contribution in [-0.4, -0.2) is 184 Å². The Balaban J connectivity index is 0.000000471. The first kappa shape index (κ1) is 86.0. The quantitative estimate of drug-likeness (QED) is 0.0364. The molecule has 564 valence electrons. The van der Waals surface area contributed by atoms with Crippen molar-refractivity contribution in [3.8, 4) is 0 Å². The van der Waals surface area contributed by atoms with Crippen molar-refractivity contribution >= 4 is 35.8 Å². The van der Waals surface area contributed by atoms with E-state index in [-0.39, 0.29) is 78.4 Å². The number of piperidine rings is 5. The number of unbranched alkanes of at least 4 members (excludes halogenated alkanes) is 14. The van der Waals surface area contributed by atoms with Gasteiger partial charge in [0.1, 0.15) is 17.6 Å². The third-order valence-electron chi connectivity index (χ3n) is 26.9. The fraction of sp³-hybridized carbons (Fsp3) is 0.925. The van der Waals surface area contributed by atoms with E-state index < -0.39 is 97.5 Å². The van der Waals surface area contributed by atoms with Crippen LogP contribution in [0.25, 0.3) is 0 Å². The van der Waals surface area contributed by atoms with Crippen molar-refractivity contribution in [2.24, 2.45) is 34.0 Å². The highest BCUT2D eigenvalue weighted by molar-refractivity contribution is 5.96. The van der Waals surface area contributed by atoms with Gasteiger partial charge in [0.25, 0.3) is 0 Å². The molecule has 5 rings (SSSR count). The van der Waals surface area contributed by atoms with Crippen LogP contribution in [0.2, 0.25) is 0 Å². The molecule has 5 heterocycles. The molecule has 5 saturated heterocycles. The Morgan fingerprint density at radius 1 is 0.330 bits per heavy atom. The SMILES string of the molecule is CCCCCCCCCCCCC(C(=O)O)(C1CC(C)(C)N(C)C(C)(C)C1)C(C(=O)O)(C1CC(C)(C)N(C)C(C)(C)C1)C(CC(=O)O)(C(=O)O)C1CC(C)(C)N(C)C(C)(C)C1.CN1C(C)(C)CC(OC(=O)CCCCCCCCC(=O)OC2CC(C)(C)N(C)C(C)(C)C2)CC1(C)C. The second-order valence-electron chi connectivity index (χ2n) is 38.1. The topological polar surface area (TPSA) is 218 Å². The molecule has 0 aliphatic carbocycles. The average Bonchev–Trinajstić information content (AvgIpc) is 0.665. The minimum atomic E-state index is -2.55. The zero-order chi connectivity index (χ0) is 74.4. The van der Waals surface area contributed by atoms with E-state index in [0.29, 0.717) is 38.5 Å². The number of likely N-dealkylation sites (tertiary alicyclic amines) is 5. The summed E-state index contributed by atoms with van der Waals surface area (Å²) in [6.07, 6.45) is 20.9. The van der Waals surface area contributed by atoms with E-state index in [1.54, 1.807) is 0 Å². The van der Waals surface area contributed by atoms with E-state index >= 15 is 14.4 Å². The van der Waals surface area contributed by atoms with Crippen LogP contribution >= 0.6 is 0 Å². The maximum Gasteiger partial charge on any atom is 0.312 e. The fourth-order valence-corrected chi connectivity index (χ4v) is 20.6. The number of aliphatic carboxylic acids is 4. The van der Waals surface area contributed by atoms with Gasteiger partial charge in [-0.3, -0.25) is 53.3 Å². The summed E-state index contributed by atoms with van der Waals surface area (Å²) in [6, 6.07) is 0. The van der Waals surface area contributed by atoms with Gasteiger partial charge in [-0.15, -0.1) is 0 Å². The Bertz CT molecular complexity index is 2490. The van der Waals surface area contributed by atoms with E-state index in [9.17, 15) is 34.8 Å². The highest BCUT2D eigenvalue weighted by Crippen LogP contribution is 2.73. The molecule has 0 bridgehead atoms. The summed E-state index contributed by atoms with van der Waals surface area (Å²) in [4.78, 5) is 96.3. The molecule has 17 heteroatoms. The minimum absolute atomic E-state index is 0.00474. The molecule has 5 fully saturated rings. The molecule has 0 radical (unpaired) electrons. The van der Waals surface area contributed by atoms with Crippen molar-refractivity contribution in [3.63, 3.8) is 0 Å². The van der Waals surface area contributed by atoms with E-state index in [0.717, 1.165) is 89.9 Å². The number of carboxylic acids is 4. The van der Waals surface area contributed by atoms with Crippen LogP contribution in [0.5, 0.6) is 0 Å². The van der Waals surface area contributed by atoms with Gasteiger partial charge < -0.3 is 29.9 Å². The molecule has 17 nitrogen and oxygen atoms in total. The molecular weight excluding hydrogens is 1220 g/mol. The van der Waals surface area contributed by atoms with Gasteiger partial charge >= 0.3 is 35.8 Å². The summed E-state index contributed by atoms with van der Waals surface area (Å²) < 4.78 is 11.7. The molecule has 3 atom stereocenters. The monoisotopic (exact) mass is 1370 g/mol. The average molecular weight is 1370 g/mol. The Morgan fingerprint density at radius 3 is 0.825 bits per heavy atom. The summed E-state index contributed by atoms with van der Waals surface area (Å²) in [7, 11) is 10.3. The van der Waals surface area contributed by atoms with Gasteiger partial charge in [-0.1, -0.05) is 96.8 Å². The van der Waals surface area contributed by atoms with E-state index in [2.05, 4.69) is 129 Å². The molecule has 97 heavy (non-hydrogen) atoms. The van der Waals surface area contributed by atoms with Gasteiger partial charge in [-0.05, 0) is 249 Å². The van der Waals surface area contributed by atoms with Crippen LogP contribution < -0.4 is 0 Å². The number of carbonyl (C=O) groups is 6. The number of esters is 2. The van der Waals surface area contributed by atoms with Gasteiger partial charge in [-0.2, -0.15) is 0 Å². The number of hydrogen-bond acceptors (Lipinski definition) is 13. The van der Waals surface area contributed by atoms with Crippen molar-refractivity contribution in [2.45, 2.75) is 406 Å². The molecule has 0 aromatic carbocycles. The van der Waals surface area contributed by atoms with Crippen molar-refractivity contribution in [2.75, 3.05) is 35.2 Å². The molecule has 0 aromatic rings. The predicted molar refractivity (Wildman–Crippen MR) is 392 cm³/mol. The van der Waals surface area contributed by atoms with Crippen LogP contribution in [0.3, 0.4) is 0 Å². The van der Waals surface area contributed by atoms with Crippen LogP contribution in [0.1, 0.15) is 338 Å². The number of nitrogens with zero attached hydrogens (tertiary/aromatic N) is 5. The van der Waals surface area contributed by atoms with Gasteiger partial charge in [0, 0.05) is 93.9 Å². The third-order valence-corrected chi connectivity index (χ3v) is 26.9. The van der Waals surface area contributed by atoms with Crippen LogP contribution in [-0.2, 0) is 38.2 Å². The van der Waals surface area contributed by atoms with Crippen LogP contribution in [0.4, 0.5) is 0 Å². The summed E-state index contributed by atoms with van der Waals surface area (Å²) in [6.45, 7) is 44.5. The van der Waals surface area contributed by atoms with E-state index in [4.69, 9.17) is 9.47 Å². The standard InChI is InChI=1S/C50H91N3O8.C30H56N2O4/c1-17-18-19-20-21-22-23-24-25-26-27-48(39(56)57,35-28-42(2,3)51(14)43(4,5)29-35)50(41(60)61,37-32-46(10,11)53(16)47(12,13)33-37)49(40(58)59,34-38(54)55)36-30-44(6,7)52(15)45(8,9)31-36;1-27(2)19-23(20-28(3,4)31(27)9)35-25(33)17-15-13-11-12-14-16-18-26(34)36-24-21-29(5,6)32(10)30(7,8)22-24/h35-37H,17-34H2,1-16H3,(H,54,55)(H,56,57)(H,58,59)(H,60,61);23-24H,11-22H2,1-10H3. The normalized spacial score (nSPS) is 25.7. The van der Waals surface area contributed by atoms with Gasteiger partial charge in [-0.25, -0.2) is 0 Å². The lowest BCUT2D eigenvalue weighted by atomic mass is 9.34. The maximum absolute atomic E-state index is 15.7. The largest absolute Gasteiger partial charge is 0.481 e. The van der Waals surface area contributed by atoms with E-state index in [1.165, 1.54) is 25.7 Å². The molecule has 4 N–H and O–H groups in total. The number of ether oxygens (including phenoxy) is 2. The molecule has 3 unspecified atom stereocenters. The molecule has 0 spiro atoms. The van der Waals surface area contributed by atoms with Crippen LogP contribution in [0, 0.1) is 34.0 Å². The maximum atomic E-state index is 15.7. The van der Waals surface area contributed by atoms with Crippen molar-refractivity contribution in [3.05, 3.63) is 0 Å². The molecule has 0 saturated carbocycles.